The van der Waals surface area contributed by atoms with E-state index < -0.39 is 0 Å². The van der Waals surface area contributed by atoms with Crippen molar-refractivity contribution in [3.8, 4) is 6.07 Å². The molecule has 5 nitrogen and oxygen atoms in total. The monoisotopic (exact) mass is 388 g/mol. The Morgan fingerprint density at radius 3 is 2.85 bits per heavy atom. The summed E-state index contributed by atoms with van der Waals surface area (Å²) >= 11 is 0. The van der Waals surface area contributed by atoms with E-state index in [4.69, 9.17) is 10.00 Å². The number of halogens is 1. The molecule has 0 saturated heterocycles. The van der Waals surface area contributed by atoms with Crippen molar-refractivity contribution in [2.75, 3.05) is 20.8 Å². The number of methoxy groups -OCH3 is 1. The minimum atomic E-state index is 0. The Balaban J connectivity index is 0.00000361. The molecule has 20 heavy (non-hydrogen) atoms. The smallest absolute Gasteiger partial charge is 0.191 e. The first kappa shape index (κ1) is 18.7. The van der Waals surface area contributed by atoms with Crippen molar-refractivity contribution in [2.24, 2.45) is 4.99 Å². The van der Waals surface area contributed by atoms with E-state index in [1.807, 2.05) is 25.1 Å². The fourth-order valence-corrected chi connectivity index (χ4v) is 1.66. The number of rotatable bonds is 5. The highest BCUT2D eigenvalue weighted by molar-refractivity contribution is 14.0. The lowest BCUT2D eigenvalue weighted by Crippen LogP contribution is -2.43. The molecule has 1 atom stereocenters. The molecule has 0 aliphatic carbocycles. The largest absolute Gasteiger partial charge is 0.383 e. The van der Waals surface area contributed by atoms with Gasteiger partial charge in [-0.3, -0.25) is 4.99 Å². The fourth-order valence-electron chi connectivity index (χ4n) is 1.66. The molecule has 1 aromatic rings. The standard InChI is InChI=1S/C14H20N4O.HI/c1-11(10-19-3)18-14(16-2)17-9-13-6-4-5-12(7-13)8-15;/h4-7,11H,9-10H2,1-3H3,(H2,16,17,18);1H. The van der Waals surface area contributed by atoms with Crippen LogP contribution in [0.15, 0.2) is 29.3 Å². The van der Waals surface area contributed by atoms with Crippen LogP contribution in [0.3, 0.4) is 0 Å². The number of ether oxygens (including phenoxy) is 1. The van der Waals surface area contributed by atoms with Crippen LogP contribution >= 0.6 is 24.0 Å². The zero-order chi connectivity index (χ0) is 14.1. The average molecular weight is 388 g/mol. The molecule has 0 radical (unpaired) electrons. The fraction of sp³-hybridized carbons (Fsp3) is 0.429. The van der Waals surface area contributed by atoms with Crippen LogP contribution in [0.1, 0.15) is 18.1 Å². The molecule has 0 aromatic heterocycles. The number of guanidine groups is 1. The topological polar surface area (TPSA) is 69.4 Å². The molecule has 110 valence electrons. The summed E-state index contributed by atoms with van der Waals surface area (Å²) in [5, 5.41) is 15.3. The van der Waals surface area contributed by atoms with Gasteiger partial charge in [0.25, 0.3) is 0 Å². The van der Waals surface area contributed by atoms with Crippen LogP contribution in [-0.4, -0.2) is 32.8 Å². The molecule has 0 bridgehead atoms. The van der Waals surface area contributed by atoms with Crippen molar-refractivity contribution in [3.05, 3.63) is 35.4 Å². The molecule has 1 unspecified atom stereocenters. The minimum Gasteiger partial charge on any atom is -0.383 e. The summed E-state index contributed by atoms with van der Waals surface area (Å²) in [4.78, 5) is 4.14. The predicted octanol–water partition coefficient (Wildman–Crippen LogP) is 1.88. The molecule has 0 saturated carbocycles. The average Bonchev–Trinajstić information content (AvgIpc) is 2.44. The Kier molecular flexibility index (Phi) is 9.76. The third kappa shape index (κ3) is 6.73. The summed E-state index contributed by atoms with van der Waals surface area (Å²) in [7, 11) is 3.39. The van der Waals surface area contributed by atoms with E-state index in [0.29, 0.717) is 24.7 Å². The molecule has 1 aromatic carbocycles. The number of benzene rings is 1. The maximum atomic E-state index is 8.84. The normalized spacial score (nSPS) is 12.0. The first-order chi connectivity index (χ1) is 9.19. The Labute approximate surface area is 137 Å². The van der Waals surface area contributed by atoms with E-state index >= 15 is 0 Å². The van der Waals surface area contributed by atoms with Crippen LogP contribution in [0.25, 0.3) is 0 Å². The molecule has 0 fully saturated rings. The second-order valence-electron chi connectivity index (χ2n) is 4.24. The van der Waals surface area contributed by atoms with Gasteiger partial charge in [0.2, 0.25) is 0 Å². The number of hydrogen-bond donors (Lipinski definition) is 2. The van der Waals surface area contributed by atoms with Gasteiger partial charge in [-0.15, -0.1) is 24.0 Å². The number of hydrogen-bond acceptors (Lipinski definition) is 3. The summed E-state index contributed by atoms with van der Waals surface area (Å²) in [6.07, 6.45) is 0. The second kappa shape index (κ2) is 10.5. The molecule has 0 amide bonds. The Morgan fingerprint density at radius 1 is 1.50 bits per heavy atom. The van der Waals surface area contributed by atoms with E-state index in [2.05, 4.69) is 21.7 Å². The van der Waals surface area contributed by atoms with Gasteiger partial charge in [-0.2, -0.15) is 5.26 Å². The second-order valence-corrected chi connectivity index (χ2v) is 4.24. The first-order valence-electron chi connectivity index (χ1n) is 6.14. The molecule has 6 heteroatoms. The quantitative estimate of drug-likeness (QED) is 0.459. The van der Waals surface area contributed by atoms with Gasteiger partial charge < -0.3 is 15.4 Å². The zero-order valence-electron chi connectivity index (χ0n) is 12.0. The van der Waals surface area contributed by atoms with Crippen LogP contribution in [0.2, 0.25) is 0 Å². The number of aliphatic imine (C=N–C) groups is 1. The molecular formula is C14H21IN4O. The van der Waals surface area contributed by atoms with Crippen molar-refractivity contribution in [2.45, 2.75) is 19.5 Å². The van der Waals surface area contributed by atoms with Gasteiger partial charge in [-0.25, -0.2) is 0 Å². The number of nitrogens with zero attached hydrogens (tertiary/aromatic N) is 2. The van der Waals surface area contributed by atoms with Crippen LogP contribution in [0.5, 0.6) is 0 Å². The lowest BCUT2D eigenvalue weighted by molar-refractivity contribution is 0.179. The van der Waals surface area contributed by atoms with Gasteiger partial charge in [0.15, 0.2) is 5.96 Å². The molecule has 0 spiro atoms. The van der Waals surface area contributed by atoms with Crippen molar-refractivity contribution < 1.29 is 4.74 Å². The van der Waals surface area contributed by atoms with E-state index in [0.717, 1.165) is 5.56 Å². The van der Waals surface area contributed by atoms with Crippen LogP contribution < -0.4 is 10.6 Å². The van der Waals surface area contributed by atoms with Crippen LogP contribution in [0.4, 0.5) is 0 Å². The van der Waals surface area contributed by atoms with Gasteiger partial charge in [-0.05, 0) is 24.6 Å². The molecular weight excluding hydrogens is 367 g/mol. The van der Waals surface area contributed by atoms with Crippen LogP contribution in [0, 0.1) is 11.3 Å². The Hall–Kier alpha value is -1.33. The third-order valence-electron chi connectivity index (χ3n) is 2.54. The number of nitrogens with one attached hydrogen (secondary N) is 2. The molecule has 0 heterocycles. The van der Waals surface area contributed by atoms with Crippen LogP contribution in [-0.2, 0) is 11.3 Å². The van der Waals surface area contributed by atoms with E-state index in [1.165, 1.54) is 0 Å². The number of nitriles is 1. The molecule has 0 aliphatic rings. The summed E-state index contributed by atoms with van der Waals surface area (Å²) in [5.41, 5.74) is 1.70. The van der Waals surface area contributed by atoms with Gasteiger partial charge in [0.1, 0.15) is 0 Å². The molecule has 2 N–H and O–H groups in total. The van der Waals surface area contributed by atoms with E-state index in [-0.39, 0.29) is 30.0 Å². The third-order valence-corrected chi connectivity index (χ3v) is 2.54. The summed E-state index contributed by atoms with van der Waals surface area (Å²) in [6.45, 7) is 3.26. The van der Waals surface area contributed by atoms with E-state index in [1.54, 1.807) is 20.2 Å². The summed E-state index contributed by atoms with van der Waals surface area (Å²) in [6, 6.07) is 9.80. The highest BCUT2D eigenvalue weighted by Crippen LogP contribution is 2.03. The van der Waals surface area contributed by atoms with Crippen molar-refractivity contribution in [3.63, 3.8) is 0 Å². The lowest BCUT2D eigenvalue weighted by atomic mass is 10.1. The van der Waals surface area contributed by atoms with Gasteiger partial charge in [0, 0.05) is 26.7 Å². The van der Waals surface area contributed by atoms with Gasteiger partial charge >= 0.3 is 0 Å². The minimum absolute atomic E-state index is 0. The Bertz CT molecular complexity index is 470. The molecule has 0 aliphatic heterocycles. The van der Waals surface area contributed by atoms with Crippen molar-refractivity contribution >= 4 is 29.9 Å². The predicted molar refractivity (Wildman–Crippen MR) is 91.2 cm³/mol. The highest BCUT2D eigenvalue weighted by atomic mass is 127. The van der Waals surface area contributed by atoms with Gasteiger partial charge in [0.05, 0.1) is 18.2 Å². The summed E-state index contributed by atoms with van der Waals surface area (Å²) < 4.78 is 5.06. The molecule has 1 rings (SSSR count). The lowest BCUT2D eigenvalue weighted by Gasteiger charge is -2.17. The van der Waals surface area contributed by atoms with Crippen molar-refractivity contribution in [1.82, 2.24) is 10.6 Å². The summed E-state index contributed by atoms with van der Waals surface area (Å²) in [5.74, 6) is 0.715. The maximum absolute atomic E-state index is 8.84. The maximum Gasteiger partial charge on any atom is 0.191 e. The Morgan fingerprint density at radius 2 is 2.25 bits per heavy atom. The SMILES string of the molecule is CN=C(NCc1cccc(C#N)c1)NC(C)COC.I. The zero-order valence-corrected chi connectivity index (χ0v) is 14.3. The van der Waals surface area contributed by atoms with Crippen molar-refractivity contribution in [1.29, 1.82) is 5.26 Å². The highest BCUT2D eigenvalue weighted by Gasteiger charge is 2.04. The van der Waals surface area contributed by atoms with E-state index in [9.17, 15) is 0 Å². The first-order valence-corrected chi connectivity index (χ1v) is 6.14. The van der Waals surface area contributed by atoms with Gasteiger partial charge in [-0.1, -0.05) is 12.1 Å².